The van der Waals surface area contributed by atoms with E-state index >= 15 is 0 Å². The molecule has 1 aliphatic carbocycles. The molecule has 3 nitrogen and oxygen atoms in total. The van der Waals surface area contributed by atoms with Gasteiger partial charge in [0, 0.05) is 11.3 Å². The van der Waals surface area contributed by atoms with E-state index in [4.69, 9.17) is 5.73 Å². The molecular formula is C15H21N3S. The molecule has 19 heavy (non-hydrogen) atoms. The minimum atomic E-state index is 0.495. The Morgan fingerprint density at radius 3 is 2.89 bits per heavy atom. The van der Waals surface area contributed by atoms with Gasteiger partial charge in [-0.1, -0.05) is 25.0 Å². The third-order valence-electron chi connectivity index (χ3n) is 4.24. The monoisotopic (exact) mass is 275 g/mol. The fourth-order valence-corrected chi connectivity index (χ4v) is 4.30. The van der Waals surface area contributed by atoms with E-state index in [-0.39, 0.29) is 0 Å². The lowest BCUT2D eigenvalue weighted by Gasteiger charge is -2.32. The SMILES string of the molecule is CSC1CCCCC1n1c(N)nc2cccc(C)c21. The van der Waals surface area contributed by atoms with Gasteiger partial charge < -0.3 is 10.3 Å². The van der Waals surface area contributed by atoms with Crippen LogP contribution in [0.25, 0.3) is 11.0 Å². The van der Waals surface area contributed by atoms with Gasteiger partial charge in [0.25, 0.3) is 0 Å². The highest BCUT2D eigenvalue weighted by atomic mass is 32.2. The largest absolute Gasteiger partial charge is 0.369 e. The van der Waals surface area contributed by atoms with Gasteiger partial charge in [0.15, 0.2) is 0 Å². The van der Waals surface area contributed by atoms with E-state index in [2.05, 4.69) is 40.9 Å². The van der Waals surface area contributed by atoms with E-state index in [1.165, 1.54) is 36.8 Å². The predicted molar refractivity (Wildman–Crippen MR) is 83.7 cm³/mol. The number of nitrogens with two attached hydrogens (primary N) is 1. The van der Waals surface area contributed by atoms with Crippen molar-refractivity contribution in [2.24, 2.45) is 0 Å². The van der Waals surface area contributed by atoms with Gasteiger partial charge in [0.05, 0.1) is 11.0 Å². The molecule has 2 atom stereocenters. The standard InChI is InChI=1S/C15H21N3S/c1-10-6-5-7-11-14(10)18(15(16)17-11)12-8-3-4-9-13(12)19-2/h5-7,12-13H,3-4,8-9H2,1-2H3,(H2,16,17). The van der Waals surface area contributed by atoms with Gasteiger partial charge in [-0.05, 0) is 37.7 Å². The highest BCUT2D eigenvalue weighted by Gasteiger charge is 2.28. The van der Waals surface area contributed by atoms with Crippen LogP contribution in [0.4, 0.5) is 5.95 Å². The normalized spacial score (nSPS) is 23.9. The highest BCUT2D eigenvalue weighted by molar-refractivity contribution is 7.99. The molecular weight excluding hydrogens is 254 g/mol. The van der Waals surface area contributed by atoms with Gasteiger partial charge >= 0.3 is 0 Å². The lowest BCUT2D eigenvalue weighted by Crippen LogP contribution is -2.26. The molecule has 2 N–H and O–H groups in total. The Balaban J connectivity index is 2.15. The Kier molecular flexibility index (Phi) is 3.44. The average molecular weight is 275 g/mol. The van der Waals surface area contributed by atoms with Crippen LogP contribution in [0.3, 0.4) is 0 Å². The van der Waals surface area contributed by atoms with E-state index in [0.717, 1.165) is 5.52 Å². The van der Waals surface area contributed by atoms with Crippen LogP contribution < -0.4 is 5.73 Å². The van der Waals surface area contributed by atoms with Gasteiger partial charge in [0.2, 0.25) is 5.95 Å². The molecule has 3 rings (SSSR count). The van der Waals surface area contributed by atoms with E-state index in [1.54, 1.807) is 0 Å². The molecule has 1 heterocycles. The summed E-state index contributed by atoms with van der Waals surface area (Å²) in [7, 11) is 0. The van der Waals surface area contributed by atoms with Crippen LogP contribution >= 0.6 is 11.8 Å². The second kappa shape index (κ2) is 5.08. The van der Waals surface area contributed by atoms with Crippen molar-refractivity contribution in [2.75, 3.05) is 12.0 Å². The third-order valence-corrected chi connectivity index (χ3v) is 5.40. The zero-order chi connectivity index (χ0) is 13.4. The van der Waals surface area contributed by atoms with Gasteiger partial charge in [-0.3, -0.25) is 0 Å². The third kappa shape index (κ3) is 2.12. The van der Waals surface area contributed by atoms with Crippen molar-refractivity contribution >= 4 is 28.7 Å². The molecule has 2 unspecified atom stereocenters. The number of anilines is 1. The predicted octanol–water partition coefficient (Wildman–Crippen LogP) is 3.77. The van der Waals surface area contributed by atoms with E-state index in [9.17, 15) is 0 Å². The maximum Gasteiger partial charge on any atom is 0.201 e. The van der Waals surface area contributed by atoms with Crippen molar-refractivity contribution in [1.82, 2.24) is 9.55 Å². The number of rotatable bonds is 2. The first-order chi connectivity index (χ1) is 9.22. The first-order valence-electron chi connectivity index (χ1n) is 6.98. The summed E-state index contributed by atoms with van der Waals surface area (Å²) in [6, 6.07) is 6.76. The lowest BCUT2D eigenvalue weighted by molar-refractivity contribution is 0.374. The summed E-state index contributed by atoms with van der Waals surface area (Å²) >= 11 is 1.97. The van der Waals surface area contributed by atoms with Crippen LogP contribution in [0.1, 0.15) is 37.3 Å². The summed E-state index contributed by atoms with van der Waals surface area (Å²) in [5.74, 6) is 0.676. The Hall–Kier alpha value is -1.16. The van der Waals surface area contributed by atoms with Gasteiger partial charge in [-0.2, -0.15) is 11.8 Å². The van der Waals surface area contributed by atoms with Crippen LogP contribution in [0.5, 0.6) is 0 Å². The minimum absolute atomic E-state index is 0.495. The fraction of sp³-hybridized carbons (Fsp3) is 0.533. The van der Waals surface area contributed by atoms with Crippen LogP contribution in [-0.4, -0.2) is 21.1 Å². The van der Waals surface area contributed by atoms with Crippen molar-refractivity contribution in [2.45, 2.75) is 43.9 Å². The van der Waals surface area contributed by atoms with Crippen LogP contribution in [0, 0.1) is 6.92 Å². The summed E-state index contributed by atoms with van der Waals surface area (Å²) < 4.78 is 2.30. The van der Waals surface area contributed by atoms with E-state index < -0.39 is 0 Å². The second-order valence-electron chi connectivity index (χ2n) is 5.41. The minimum Gasteiger partial charge on any atom is -0.369 e. The molecule has 0 radical (unpaired) electrons. The smallest absolute Gasteiger partial charge is 0.201 e. The Morgan fingerprint density at radius 1 is 1.32 bits per heavy atom. The van der Waals surface area contributed by atoms with E-state index in [0.29, 0.717) is 17.2 Å². The molecule has 4 heteroatoms. The molecule has 1 fully saturated rings. The van der Waals surface area contributed by atoms with Gasteiger partial charge in [-0.15, -0.1) is 0 Å². The quantitative estimate of drug-likeness (QED) is 0.907. The number of hydrogen-bond acceptors (Lipinski definition) is 3. The highest BCUT2D eigenvalue weighted by Crippen LogP contribution is 2.39. The molecule has 2 aromatic rings. The number of aryl methyl sites for hydroxylation is 1. The number of hydrogen-bond donors (Lipinski definition) is 1. The molecule has 0 aliphatic heterocycles. The molecule has 0 saturated heterocycles. The first kappa shape index (κ1) is 12.9. The maximum atomic E-state index is 6.21. The summed E-state index contributed by atoms with van der Waals surface area (Å²) in [4.78, 5) is 4.55. The topological polar surface area (TPSA) is 43.8 Å². The molecule has 0 amide bonds. The molecule has 1 aromatic heterocycles. The molecule has 1 aromatic carbocycles. The maximum absolute atomic E-state index is 6.21. The zero-order valence-corrected chi connectivity index (χ0v) is 12.4. The number of nitrogen functional groups attached to an aromatic ring is 1. The van der Waals surface area contributed by atoms with Crippen LogP contribution in [0.2, 0.25) is 0 Å². The molecule has 0 bridgehead atoms. The van der Waals surface area contributed by atoms with Gasteiger partial charge in [-0.25, -0.2) is 4.98 Å². The first-order valence-corrected chi connectivity index (χ1v) is 8.27. The van der Waals surface area contributed by atoms with Crippen molar-refractivity contribution < 1.29 is 0 Å². The number of benzene rings is 1. The summed E-state index contributed by atoms with van der Waals surface area (Å²) in [6.07, 6.45) is 7.36. The average Bonchev–Trinajstić information content (AvgIpc) is 2.76. The van der Waals surface area contributed by atoms with Gasteiger partial charge in [0.1, 0.15) is 0 Å². The number of para-hydroxylation sites is 1. The van der Waals surface area contributed by atoms with Crippen molar-refractivity contribution in [3.8, 4) is 0 Å². The number of fused-ring (bicyclic) bond motifs is 1. The lowest BCUT2D eigenvalue weighted by atomic mass is 9.94. The summed E-state index contributed by atoms with van der Waals surface area (Å²) in [5, 5.41) is 0.660. The summed E-state index contributed by atoms with van der Waals surface area (Å²) in [5.41, 5.74) is 9.74. The fourth-order valence-electron chi connectivity index (χ4n) is 3.32. The van der Waals surface area contributed by atoms with E-state index in [1.807, 2.05) is 11.8 Å². The molecule has 102 valence electrons. The van der Waals surface area contributed by atoms with Crippen LogP contribution in [-0.2, 0) is 0 Å². The number of thioether (sulfide) groups is 1. The second-order valence-corrected chi connectivity index (χ2v) is 6.49. The molecule has 1 saturated carbocycles. The Bertz CT molecular complexity index is 590. The van der Waals surface area contributed by atoms with Crippen molar-refractivity contribution in [3.05, 3.63) is 23.8 Å². The Labute approximate surface area is 118 Å². The number of imidazole rings is 1. The Morgan fingerprint density at radius 2 is 2.11 bits per heavy atom. The zero-order valence-electron chi connectivity index (χ0n) is 11.6. The number of nitrogens with zero attached hydrogens (tertiary/aromatic N) is 2. The molecule has 0 spiro atoms. The van der Waals surface area contributed by atoms with Crippen LogP contribution in [0.15, 0.2) is 18.2 Å². The van der Waals surface area contributed by atoms with Crippen molar-refractivity contribution in [3.63, 3.8) is 0 Å². The summed E-state index contributed by atoms with van der Waals surface area (Å²) in [6.45, 7) is 2.15. The van der Waals surface area contributed by atoms with Crippen molar-refractivity contribution in [1.29, 1.82) is 0 Å². The number of aromatic nitrogens is 2. The molecule has 1 aliphatic rings.